The molecule has 1 fully saturated rings. The average molecular weight is 492 g/mol. The minimum absolute atomic E-state index is 0.0577. The highest BCUT2D eigenvalue weighted by atomic mass is 16.6. The van der Waals surface area contributed by atoms with Crippen LogP contribution in [0, 0.1) is 0 Å². The van der Waals surface area contributed by atoms with Crippen molar-refractivity contribution in [3.8, 4) is 5.75 Å². The molecule has 0 spiro atoms. The molecule has 3 rings (SSSR count). The van der Waals surface area contributed by atoms with Gasteiger partial charge < -0.3 is 19.9 Å². The fraction of sp³-hybridized carbons (Fsp3) is 0.467. The van der Waals surface area contributed by atoms with Crippen LogP contribution in [-0.2, 0) is 0 Å². The molecule has 2 amide bonds. The van der Waals surface area contributed by atoms with Crippen LogP contribution >= 0.6 is 0 Å². The molecule has 2 aromatic rings. The molecule has 0 saturated carbocycles. The van der Waals surface area contributed by atoms with Crippen molar-refractivity contribution in [3.05, 3.63) is 70.8 Å². The molecule has 1 N–H and O–H groups in total. The van der Waals surface area contributed by atoms with E-state index in [1.54, 1.807) is 6.07 Å². The maximum atomic E-state index is 12.8. The first kappa shape index (κ1) is 27.5. The van der Waals surface area contributed by atoms with Gasteiger partial charge in [-0.15, -0.1) is 0 Å². The van der Waals surface area contributed by atoms with E-state index < -0.39 is 6.09 Å². The van der Waals surface area contributed by atoms with Crippen molar-refractivity contribution in [2.24, 2.45) is 0 Å². The van der Waals surface area contributed by atoms with Gasteiger partial charge in [0.05, 0.1) is 0 Å². The van der Waals surface area contributed by atoms with Crippen molar-refractivity contribution < 1.29 is 14.3 Å². The summed E-state index contributed by atoms with van der Waals surface area (Å²) in [5.74, 6) is 0.576. The Kier molecular flexibility index (Phi) is 10.6. The van der Waals surface area contributed by atoms with E-state index in [9.17, 15) is 9.59 Å². The summed E-state index contributed by atoms with van der Waals surface area (Å²) in [6.45, 7) is 13.2. The first-order chi connectivity index (χ1) is 17.5. The van der Waals surface area contributed by atoms with Gasteiger partial charge in [0, 0.05) is 38.3 Å². The van der Waals surface area contributed by atoms with Gasteiger partial charge in [-0.25, -0.2) is 4.79 Å². The van der Waals surface area contributed by atoms with Gasteiger partial charge in [-0.05, 0) is 87.5 Å². The molecule has 1 aliphatic rings. The lowest BCUT2D eigenvalue weighted by molar-refractivity contribution is 0.0773. The first-order valence-electron chi connectivity index (χ1n) is 13.4. The number of carbonyl (C=O) groups excluding carboxylic acids is 2. The van der Waals surface area contributed by atoms with Gasteiger partial charge in [-0.2, -0.15) is 0 Å². The standard InChI is InChI=1S/C30H41N3O3/c1-5-9-19-32-20-17-24(18-21-32)28(26-11-10-12-27(22-26)36-30(35)31-6-2)23-13-15-25(16-14-23)29(34)33(7-3)8-4/h10-16,22H,5-9,17-21H2,1-4H3,(H,31,35). The Balaban J connectivity index is 1.95. The molecule has 0 bridgehead atoms. The molecule has 0 unspecified atom stereocenters. The summed E-state index contributed by atoms with van der Waals surface area (Å²) in [6, 6.07) is 15.7. The highest BCUT2D eigenvalue weighted by Gasteiger charge is 2.20. The molecule has 6 heteroatoms. The molecule has 1 saturated heterocycles. The van der Waals surface area contributed by atoms with Crippen LogP contribution in [0.25, 0.3) is 5.57 Å². The van der Waals surface area contributed by atoms with Crippen molar-refractivity contribution in [3.63, 3.8) is 0 Å². The summed E-state index contributed by atoms with van der Waals surface area (Å²) in [5.41, 5.74) is 5.39. The quantitative estimate of drug-likeness (QED) is 0.444. The number of ether oxygens (including phenoxy) is 1. The van der Waals surface area contributed by atoms with Gasteiger partial charge in [0.15, 0.2) is 0 Å². The molecule has 1 aliphatic heterocycles. The number of carbonyl (C=O) groups is 2. The summed E-state index contributed by atoms with van der Waals surface area (Å²) in [7, 11) is 0. The summed E-state index contributed by atoms with van der Waals surface area (Å²) in [4.78, 5) is 29.2. The summed E-state index contributed by atoms with van der Waals surface area (Å²) in [5, 5.41) is 2.68. The van der Waals surface area contributed by atoms with E-state index in [2.05, 4.69) is 35.3 Å². The van der Waals surface area contributed by atoms with Crippen LogP contribution in [-0.4, -0.2) is 61.1 Å². The number of unbranched alkanes of at least 4 members (excludes halogenated alkanes) is 1. The molecule has 0 atom stereocenters. The van der Waals surface area contributed by atoms with Crippen molar-refractivity contribution >= 4 is 17.6 Å². The van der Waals surface area contributed by atoms with E-state index >= 15 is 0 Å². The van der Waals surface area contributed by atoms with Crippen LogP contribution in [0.4, 0.5) is 4.79 Å². The second-order valence-electron chi connectivity index (χ2n) is 9.18. The number of nitrogens with zero attached hydrogens (tertiary/aromatic N) is 2. The fourth-order valence-corrected chi connectivity index (χ4v) is 4.73. The van der Waals surface area contributed by atoms with E-state index in [1.165, 1.54) is 24.0 Å². The normalized spacial score (nSPS) is 13.8. The lowest BCUT2D eigenvalue weighted by Gasteiger charge is -2.30. The number of rotatable bonds is 10. The number of amides is 2. The molecule has 1 heterocycles. The van der Waals surface area contributed by atoms with Crippen molar-refractivity contribution in [2.45, 2.75) is 53.4 Å². The van der Waals surface area contributed by atoms with Crippen molar-refractivity contribution in [1.29, 1.82) is 0 Å². The third-order valence-corrected chi connectivity index (χ3v) is 6.77. The molecular formula is C30H41N3O3. The SMILES string of the molecule is CCCCN1CCC(=C(c2ccc(C(=O)N(CC)CC)cc2)c2cccc(OC(=O)NCC)c2)CC1. The summed E-state index contributed by atoms with van der Waals surface area (Å²) in [6.07, 6.45) is 3.99. The predicted molar refractivity (Wildman–Crippen MR) is 146 cm³/mol. The van der Waals surface area contributed by atoms with E-state index in [0.29, 0.717) is 30.9 Å². The minimum Gasteiger partial charge on any atom is -0.410 e. The van der Waals surface area contributed by atoms with Gasteiger partial charge >= 0.3 is 6.09 Å². The van der Waals surface area contributed by atoms with E-state index in [1.807, 2.05) is 49.9 Å². The molecule has 6 nitrogen and oxygen atoms in total. The van der Waals surface area contributed by atoms with Gasteiger partial charge in [0.2, 0.25) is 0 Å². The third-order valence-electron chi connectivity index (χ3n) is 6.77. The van der Waals surface area contributed by atoms with Gasteiger partial charge in [0.25, 0.3) is 5.91 Å². The third kappa shape index (κ3) is 7.20. The lowest BCUT2D eigenvalue weighted by Crippen LogP contribution is -2.32. The zero-order valence-electron chi connectivity index (χ0n) is 22.3. The number of likely N-dealkylation sites (tertiary alicyclic amines) is 1. The smallest absolute Gasteiger partial charge is 0.410 e. The monoisotopic (exact) mass is 491 g/mol. The van der Waals surface area contributed by atoms with Crippen molar-refractivity contribution in [2.75, 3.05) is 39.3 Å². The van der Waals surface area contributed by atoms with Crippen molar-refractivity contribution in [1.82, 2.24) is 15.1 Å². The Morgan fingerprint density at radius 2 is 1.58 bits per heavy atom. The van der Waals surface area contributed by atoms with E-state index in [-0.39, 0.29) is 5.91 Å². The Morgan fingerprint density at radius 1 is 0.917 bits per heavy atom. The van der Waals surface area contributed by atoms with Gasteiger partial charge in [-0.1, -0.05) is 43.2 Å². The highest BCUT2D eigenvalue weighted by molar-refractivity contribution is 5.95. The molecule has 2 aromatic carbocycles. The maximum Gasteiger partial charge on any atom is 0.412 e. The molecular weight excluding hydrogens is 450 g/mol. The molecule has 0 radical (unpaired) electrons. The minimum atomic E-state index is -0.452. The van der Waals surface area contributed by atoms with Crippen LogP contribution in [0.2, 0.25) is 0 Å². The first-order valence-corrected chi connectivity index (χ1v) is 13.4. The Labute approximate surface area is 216 Å². The molecule has 194 valence electrons. The second kappa shape index (κ2) is 13.8. The van der Waals surface area contributed by atoms with Gasteiger partial charge in [-0.3, -0.25) is 4.79 Å². The summed E-state index contributed by atoms with van der Waals surface area (Å²) >= 11 is 0. The average Bonchev–Trinajstić information content (AvgIpc) is 2.90. The summed E-state index contributed by atoms with van der Waals surface area (Å²) < 4.78 is 5.50. The highest BCUT2D eigenvalue weighted by Crippen LogP contribution is 2.34. The van der Waals surface area contributed by atoms with E-state index in [0.717, 1.165) is 43.6 Å². The van der Waals surface area contributed by atoms with Crippen LogP contribution in [0.1, 0.15) is 74.9 Å². The largest absolute Gasteiger partial charge is 0.412 e. The van der Waals surface area contributed by atoms with Crippen LogP contribution in [0.3, 0.4) is 0 Å². The van der Waals surface area contributed by atoms with E-state index in [4.69, 9.17) is 4.74 Å². The predicted octanol–water partition coefficient (Wildman–Crippen LogP) is 5.97. The zero-order valence-corrected chi connectivity index (χ0v) is 22.3. The van der Waals surface area contributed by atoms with Crippen LogP contribution < -0.4 is 10.1 Å². The Morgan fingerprint density at radius 3 is 2.19 bits per heavy atom. The van der Waals surface area contributed by atoms with Gasteiger partial charge in [0.1, 0.15) is 5.75 Å². The lowest BCUT2D eigenvalue weighted by atomic mass is 9.88. The number of hydrogen-bond donors (Lipinski definition) is 1. The maximum absolute atomic E-state index is 12.8. The number of piperidine rings is 1. The molecule has 36 heavy (non-hydrogen) atoms. The number of benzene rings is 2. The van der Waals surface area contributed by atoms with Crippen LogP contribution in [0.5, 0.6) is 5.75 Å². The van der Waals surface area contributed by atoms with Crippen LogP contribution in [0.15, 0.2) is 54.1 Å². The Hall–Kier alpha value is -3.12. The zero-order chi connectivity index (χ0) is 25.9. The molecule has 0 aliphatic carbocycles. The number of hydrogen-bond acceptors (Lipinski definition) is 4. The topological polar surface area (TPSA) is 61.9 Å². The fourth-order valence-electron chi connectivity index (χ4n) is 4.73. The molecule has 0 aromatic heterocycles. The number of nitrogens with one attached hydrogen (secondary N) is 1. The Bertz CT molecular complexity index is 1030. The second-order valence-corrected chi connectivity index (χ2v) is 9.18.